The van der Waals surface area contributed by atoms with Crippen LogP contribution in [0.5, 0.6) is 0 Å². The fourth-order valence-electron chi connectivity index (χ4n) is 8.26. The zero-order chi connectivity index (χ0) is 36.2. The third kappa shape index (κ3) is 8.39. The first kappa shape index (κ1) is 41.8. The number of halogens is 2. The summed E-state index contributed by atoms with van der Waals surface area (Å²) in [6, 6.07) is 35.4. The summed E-state index contributed by atoms with van der Waals surface area (Å²) in [5.74, 6) is 0. The molecular formula is C49H52Cl2Zr-2. The van der Waals surface area contributed by atoms with E-state index in [-0.39, 0.29) is 35.6 Å². The molecule has 0 fully saturated rings. The van der Waals surface area contributed by atoms with Crippen LogP contribution in [-0.4, -0.2) is 3.21 Å². The van der Waals surface area contributed by atoms with Gasteiger partial charge in [0.1, 0.15) is 0 Å². The Morgan fingerprint density at radius 2 is 1.17 bits per heavy atom. The molecule has 5 aromatic carbocycles. The van der Waals surface area contributed by atoms with Gasteiger partial charge in [0.05, 0.1) is 0 Å². The fraction of sp³-hybridized carbons (Fsp3) is 0.306. The van der Waals surface area contributed by atoms with Gasteiger partial charge in [0, 0.05) is 5.41 Å². The Bertz CT molecular complexity index is 2020. The van der Waals surface area contributed by atoms with E-state index in [1.807, 2.05) is 0 Å². The van der Waals surface area contributed by atoms with Crippen molar-refractivity contribution in [3.8, 4) is 11.1 Å². The van der Waals surface area contributed by atoms with Crippen molar-refractivity contribution >= 4 is 14.4 Å². The third-order valence-corrected chi connectivity index (χ3v) is 12.0. The first-order valence-corrected chi connectivity index (χ1v) is 19.3. The Balaban J connectivity index is 0.000000191. The normalized spacial score (nSPS) is 15.1. The molecule has 0 aromatic heterocycles. The van der Waals surface area contributed by atoms with Crippen LogP contribution in [0.3, 0.4) is 0 Å². The summed E-state index contributed by atoms with van der Waals surface area (Å²) >= 11 is 1.46. The van der Waals surface area contributed by atoms with E-state index in [1.165, 1.54) is 111 Å². The minimum atomic E-state index is 0. The number of rotatable bonds is 2. The Morgan fingerprint density at radius 1 is 0.673 bits per heavy atom. The average molecular weight is 803 g/mol. The molecule has 0 N–H and O–H groups in total. The fourth-order valence-corrected chi connectivity index (χ4v) is 9.08. The van der Waals surface area contributed by atoms with E-state index in [4.69, 9.17) is 0 Å². The molecular weight excluding hydrogens is 751 g/mol. The minimum absolute atomic E-state index is 0. The van der Waals surface area contributed by atoms with Crippen LogP contribution in [0.2, 0.25) is 0 Å². The Morgan fingerprint density at radius 3 is 1.63 bits per heavy atom. The monoisotopic (exact) mass is 800 g/mol. The Kier molecular flexibility index (Phi) is 12.7. The molecule has 0 spiro atoms. The van der Waals surface area contributed by atoms with Gasteiger partial charge in [-0.2, -0.15) is 28.3 Å². The van der Waals surface area contributed by atoms with Gasteiger partial charge in [-0.3, -0.25) is 6.08 Å². The van der Waals surface area contributed by atoms with Gasteiger partial charge >= 0.3 is 99.2 Å². The molecule has 0 aliphatic heterocycles. The van der Waals surface area contributed by atoms with Crippen molar-refractivity contribution in [2.75, 3.05) is 0 Å². The van der Waals surface area contributed by atoms with Crippen LogP contribution >= 0.6 is 0 Å². The van der Waals surface area contributed by atoms with Crippen molar-refractivity contribution in [2.45, 2.75) is 98.8 Å². The predicted octanol–water partition coefficient (Wildman–Crippen LogP) is 6.58. The molecule has 3 heteroatoms. The molecule has 0 heterocycles. The van der Waals surface area contributed by atoms with Gasteiger partial charge in [-0.25, -0.2) is 11.6 Å². The van der Waals surface area contributed by atoms with Crippen molar-refractivity contribution in [3.63, 3.8) is 0 Å². The summed E-state index contributed by atoms with van der Waals surface area (Å²) in [6.45, 7) is 24.8. The van der Waals surface area contributed by atoms with E-state index in [9.17, 15) is 0 Å². The van der Waals surface area contributed by atoms with E-state index in [1.54, 1.807) is 0 Å². The second-order valence-electron chi connectivity index (χ2n) is 16.7. The maximum absolute atomic E-state index is 3.65. The van der Waals surface area contributed by atoms with Crippen LogP contribution in [0.1, 0.15) is 124 Å². The molecule has 0 saturated carbocycles. The summed E-state index contributed by atoms with van der Waals surface area (Å²) in [5.41, 5.74) is 21.8. The van der Waals surface area contributed by atoms with E-state index in [0.29, 0.717) is 5.41 Å². The zero-order valence-corrected chi connectivity index (χ0v) is 36.7. The maximum atomic E-state index is 3.65. The molecule has 3 aliphatic carbocycles. The van der Waals surface area contributed by atoms with Gasteiger partial charge in [0.2, 0.25) is 0 Å². The van der Waals surface area contributed by atoms with Crippen molar-refractivity contribution in [3.05, 3.63) is 170 Å². The molecule has 0 unspecified atom stereocenters. The summed E-state index contributed by atoms with van der Waals surface area (Å²) in [5, 5.41) is 0. The molecule has 0 radical (unpaired) electrons. The van der Waals surface area contributed by atoms with E-state index in [0.717, 1.165) is 6.42 Å². The van der Waals surface area contributed by atoms with Gasteiger partial charge in [-0.15, -0.1) is 11.6 Å². The number of benzene rings is 4. The van der Waals surface area contributed by atoms with Gasteiger partial charge in [-0.1, -0.05) is 98.3 Å². The SMILES string of the molecule is CC1=[C-]C(C)(C)c2cc3c(cc21)-c1cc2c(cc1C3)C(C)(C)C=C2C.Cc1cc(C(C)(C)C)c(C)[cH-]1.[Cl-].[Cl-].[Zr+2]=[C](c1ccccc1)c1ccccc1. The van der Waals surface area contributed by atoms with Gasteiger partial charge in [-0.05, 0) is 58.4 Å². The summed E-state index contributed by atoms with van der Waals surface area (Å²) in [6.07, 6.45) is 7.13. The van der Waals surface area contributed by atoms with Crippen LogP contribution in [0, 0.1) is 19.9 Å². The van der Waals surface area contributed by atoms with Crippen LogP contribution in [0.4, 0.5) is 0 Å². The molecule has 8 rings (SSSR count). The summed E-state index contributed by atoms with van der Waals surface area (Å²) in [7, 11) is 0. The second-order valence-corrected chi connectivity index (χ2v) is 17.9. The van der Waals surface area contributed by atoms with Crippen LogP contribution in [0.15, 0.2) is 103 Å². The van der Waals surface area contributed by atoms with Gasteiger partial charge in [0.15, 0.2) is 0 Å². The quantitative estimate of drug-likeness (QED) is 0.174. The molecule has 0 atom stereocenters. The summed E-state index contributed by atoms with van der Waals surface area (Å²) < 4.78 is 1.42. The predicted molar refractivity (Wildman–Crippen MR) is 213 cm³/mol. The van der Waals surface area contributed by atoms with Gasteiger partial charge < -0.3 is 24.8 Å². The zero-order valence-electron chi connectivity index (χ0n) is 32.8. The molecule has 0 amide bonds. The van der Waals surface area contributed by atoms with Gasteiger partial charge in [0.25, 0.3) is 0 Å². The van der Waals surface area contributed by atoms with Crippen molar-refractivity contribution in [2.24, 2.45) is 0 Å². The molecule has 52 heavy (non-hydrogen) atoms. The third-order valence-electron chi connectivity index (χ3n) is 10.6. The first-order chi connectivity index (χ1) is 23.5. The topological polar surface area (TPSA) is 0 Å². The van der Waals surface area contributed by atoms with E-state index in [2.05, 4.69) is 185 Å². The Hall–Kier alpha value is -2.96. The number of aryl methyl sites for hydroxylation is 2. The Labute approximate surface area is 341 Å². The summed E-state index contributed by atoms with van der Waals surface area (Å²) in [4.78, 5) is 0. The van der Waals surface area contributed by atoms with Crippen molar-refractivity contribution in [1.29, 1.82) is 0 Å². The molecule has 0 nitrogen and oxygen atoms in total. The van der Waals surface area contributed by atoms with Crippen molar-refractivity contribution in [1.82, 2.24) is 0 Å². The number of hydrogen-bond donors (Lipinski definition) is 0. The van der Waals surface area contributed by atoms with Crippen molar-refractivity contribution < 1.29 is 49.0 Å². The standard InChI is InChI=1S/C25H25.C13H10.C11H17.2ClH.Zr/c1-14-12-24(3,4)22-8-16-7-17-9-23-19(15(2)13-25(23,5)6)11-21(17)20(16)10-18(14)22;1-3-7-12(8-4-1)11-13-9-5-2-6-10-13;1-8-6-9(2)10(7-8)11(3,4)5;;;/h8-12H,7H2,1-6H3;1-10H;6-7H,1-5H3;2*1H;/q-1;;-1;;;+2/p-2. The second kappa shape index (κ2) is 15.8. The molecule has 0 bridgehead atoms. The first-order valence-electron chi connectivity index (χ1n) is 18.1. The number of allylic oxidation sites excluding steroid dienone is 4. The van der Waals surface area contributed by atoms with E-state index < -0.39 is 0 Å². The van der Waals surface area contributed by atoms with E-state index >= 15 is 0 Å². The van der Waals surface area contributed by atoms with Crippen LogP contribution in [0.25, 0.3) is 22.3 Å². The number of hydrogen-bond acceptors (Lipinski definition) is 0. The molecule has 0 saturated heterocycles. The molecule has 268 valence electrons. The van der Waals surface area contributed by atoms with Crippen LogP contribution in [-0.2, 0) is 46.9 Å². The number of fused-ring (bicyclic) bond motifs is 5. The molecule has 3 aliphatic rings. The molecule has 5 aromatic rings. The van der Waals surface area contributed by atoms with Crippen LogP contribution < -0.4 is 24.8 Å². The average Bonchev–Trinajstić information content (AvgIpc) is 3.74.